The maximum Gasteiger partial charge on any atom is 0.224 e. The van der Waals surface area contributed by atoms with Gasteiger partial charge in [0, 0.05) is 17.2 Å². The average molecular weight is 294 g/mol. The first-order valence-corrected chi connectivity index (χ1v) is 8.16. The van der Waals surface area contributed by atoms with Crippen LogP contribution in [0.1, 0.15) is 30.9 Å². The van der Waals surface area contributed by atoms with Gasteiger partial charge in [0.05, 0.1) is 12.0 Å². The van der Waals surface area contributed by atoms with E-state index >= 15 is 0 Å². The zero-order chi connectivity index (χ0) is 13.9. The molecule has 1 saturated heterocycles. The molecule has 0 radical (unpaired) electrons. The van der Waals surface area contributed by atoms with Crippen molar-refractivity contribution in [2.75, 3.05) is 18.8 Å². The normalized spacial score (nSPS) is 25.9. The van der Waals surface area contributed by atoms with E-state index in [1.165, 1.54) is 6.07 Å². The first kappa shape index (κ1) is 13.9. The number of thioether (sulfide) groups is 1. The zero-order valence-corrected chi connectivity index (χ0v) is 12.1. The molecule has 2 aliphatic rings. The smallest absolute Gasteiger partial charge is 0.224 e. The van der Waals surface area contributed by atoms with Gasteiger partial charge in [-0.25, -0.2) is 4.39 Å². The summed E-state index contributed by atoms with van der Waals surface area (Å²) in [7, 11) is 0. The molecule has 0 saturated carbocycles. The van der Waals surface area contributed by atoms with Crippen LogP contribution in [0.15, 0.2) is 23.1 Å². The van der Waals surface area contributed by atoms with Crippen LogP contribution in [0.5, 0.6) is 0 Å². The molecule has 108 valence electrons. The Balaban J connectivity index is 1.73. The largest absolute Gasteiger partial charge is 0.349 e. The van der Waals surface area contributed by atoms with Crippen molar-refractivity contribution in [1.82, 2.24) is 10.6 Å². The Hall–Kier alpha value is -1.07. The molecule has 5 heteroatoms. The number of hydrogen-bond donors (Lipinski definition) is 2. The summed E-state index contributed by atoms with van der Waals surface area (Å²) in [6, 6.07) is 5.09. The second-order valence-electron chi connectivity index (χ2n) is 5.40. The molecule has 1 amide bonds. The van der Waals surface area contributed by atoms with Gasteiger partial charge in [0.1, 0.15) is 5.82 Å². The minimum absolute atomic E-state index is 0.0450. The van der Waals surface area contributed by atoms with Gasteiger partial charge in [-0.05, 0) is 37.4 Å². The molecule has 0 bridgehead atoms. The lowest BCUT2D eigenvalue weighted by Gasteiger charge is -2.29. The third kappa shape index (κ3) is 2.83. The van der Waals surface area contributed by atoms with Gasteiger partial charge in [-0.15, -0.1) is 11.8 Å². The first-order chi connectivity index (χ1) is 9.75. The van der Waals surface area contributed by atoms with Gasteiger partial charge in [-0.1, -0.05) is 12.1 Å². The van der Waals surface area contributed by atoms with Crippen molar-refractivity contribution >= 4 is 17.7 Å². The van der Waals surface area contributed by atoms with E-state index in [1.807, 2.05) is 6.07 Å². The number of piperidine rings is 1. The third-order valence-corrected chi connectivity index (χ3v) is 5.17. The molecule has 2 unspecified atom stereocenters. The van der Waals surface area contributed by atoms with E-state index in [4.69, 9.17) is 0 Å². The second-order valence-corrected chi connectivity index (χ2v) is 6.50. The first-order valence-electron chi connectivity index (χ1n) is 7.18. The maximum absolute atomic E-state index is 13.8. The quantitative estimate of drug-likeness (QED) is 0.880. The molecule has 2 aliphatic heterocycles. The summed E-state index contributed by atoms with van der Waals surface area (Å²) in [5, 5.41) is 6.37. The monoisotopic (exact) mass is 294 g/mol. The van der Waals surface area contributed by atoms with Crippen LogP contribution in [0.4, 0.5) is 4.39 Å². The fourth-order valence-corrected chi connectivity index (χ4v) is 4.04. The van der Waals surface area contributed by atoms with Crippen molar-refractivity contribution in [3.8, 4) is 0 Å². The molecule has 1 aromatic carbocycles. The van der Waals surface area contributed by atoms with Crippen LogP contribution in [-0.4, -0.2) is 24.7 Å². The van der Waals surface area contributed by atoms with Gasteiger partial charge in [0.2, 0.25) is 5.91 Å². The molecule has 3 nitrogen and oxygen atoms in total. The second kappa shape index (κ2) is 6.14. The highest BCUT2D eigenvalue weighted by Gasteiger charge is 2.27. The number of hydrogen-bond acceptors (Lipinski definition) is 3. The molecular formula is C15H19FN2OS. The highest BCUT2D eigenvalue weighted by molar-refractivity contribution is 7.99. The van der Waals surface area contributed by atoms with E-state index in [1.54, 1.807) is 17.8 Å². The van der Waals surface area contributed by atoms with E-state index in [0.29, 0.717) is 4.90 Å². The van der Waals surface area contributed by atoms with Gasteiger partial charge in [0.15, 0.2) is 0 Å². The highest BCUT2D eigenvalue weighted by Crippen LogP contribution is 2.37. The van der Waals surface area contributed by atoms with Crippen molar-refractivity contribution in [2.24, 2.45) is 5.92 Å². The Morgan fingerprint density at radius 2 is 2.30 bits per heavy atom. The van der Waals surface area contributed by atoms with Crippen LogP contribution < -0.4 is 10.6 Å². The van der Waals surface area contributed by atoms with E-state index in [9.17, 15) is 9.18 Å². The Morgan fingerprint density at radius 1 is 1.40 bits per heavy atom. The minimum atomic E-state index is -0.175. The zero-order valence-electron chi connectivity index (χ0n) is 11.3. The topological polar surface area (TPSA) is 41.1 Å². The summed E-state index contributed by atoms with van der Waals surface area (Å²) in [4.78, 5) is 13.0. The number of carbonyl (C=O) groups is 1. The van der Waals surface area contributed by atoms with Crippen molar-refractivity contribution in [3.63, 3.8) is 0 Å². The number of amides is 1. The molecule has 0 spiro atoms. The molecule has 2 heterocycles. The Morgan fingerprint density at radius 3 is 3.10 bits per heavy atom. The predicted molar refractivity (Wildman–Crippen MR) is 78.2 cm³/mol. The molecule has 20 heavy (non-hydrogen) atoms. The van der Waals surface area contributed by atoms with Crippen LogP contribution in [0.2, 0.25) is 0 Å². The van der Waals surface area contributed by atoms with Crippen molar-refractivity contribution < 1.29 is 9.18 Å². The number of nitrogens with one attached hydrogen (secondary N) is 2. The number of benzene rings is 1. The Labute approximate surface area is 122 Å². The molecule has 1 fully saturated rings. The van der Waals surface area contributed by atoms with Crippen LogP contribution in [0.3, 0.4) is 0 Å². The predicted octanol–water partition coefficient (Wildman–Crippen LogP) is 2.48. The van der Waals surface area contributed by atoms with Gasteiger partial charge in [-0.3, -0.25) is 4.79 Å². The summed E-state index contributed by atoms with van der Waals surface area (Å²) < 4.78 is 13.8. The number of rotatable bonds is 2. The summed E-state index contributed by atoms with van der Waals surface area (Å²) in [6.45, 7) is 1.75. The Kier molecular flexibility index (Phi) is 4.27. The Bertz CT molecular complexity index is 503. The number of carbonyl (C=O) groups excluding carboxylic acids is 1. The molecule has 3 rings (SSSR count). The van der Waals surface area contributed by atoms with E-state index in [0.717, 1.165) is 43.7 Å². The van der Waals surface area contributed by atoms with Crippen molar-refractivity contribution in [2.45, 2.75) is 30.2 Å². The molecule has 0 aromatic heterocycles. The SMILES string of the molecule is O=C(NC1CCSc2c(F)cccc21)C1CCCNC1. The summed E-state index contributed by atoms with van der Waals surface area (Å²) in [6.07, 6.45) is 2.85. The lowest BCUT2D eigenvalue weighted by atomic mass is 9.97. The highest BCUT2D eigenvalue weighted by atomic mass is 32.2. The van der Waals surface area contributed by atoms with E-state index in [-0.39, 0.29) is 23.7 Å². The fraction of sp³-hybridized carbons (Fsp3) is 0.533. The lowest BCUT2D eigenvalue weighted by Crippen LogP contribution is -2.42. The van der Waals surface area contributed by atoms with Gasteiger partial charge >= 0.3 is 0 Å². The molecular weight excluding hydrogens is 275 g/mol. The standard InChI is InChI=1S/C15H19FN2OS/c16-12-5-1-4-11-13(6-8-20-14(11)12)18-15(19)10-3-2-7-17-9-10/h1,4-5,10,13,17H,2-3,6-9H2,(H,18,19). The fourth-order valence-electron chi connectivity index (χ4n) is 2.90. The van der Waals surface area contributed by atoms with E-state index < -0.39 is 0 Å². The van der Waals surface area contributed by atoms with Gasteiger partial charge in [-0.2, -0.15) is 0 Å². The number of fused-ring (bicyclic) bond motifs is 1. The van der Waals surface area contributed by atoms with Crippen LogP contribution in [-0.2, 0) is 4.79 Å². The van der Waals surface area contributed by atoms with Crippen molar-refractivity contribution in [1.29, 1.82) is 0 Å². The molecule has 2 atom stereocenters. The molecule has 0 aliphatic carbocycles. The van der Waals surface area contributed by atoms with Gasteiger partial charge in [0.25, 0.3) is 0 Å². The lowest BCUT2D eigenvalue weighted by molar-refractivity contribution is -0.126. The molecule has 2 N–H and O–H groups in total. The van der Waals surface area contributed by atoms with Crippen LogP contribution in [0.25, 0.3) is 0 Å². The average Bonchev–Trinajstić information content (AvgIpc) is 2.49. The summed E-state index contributed by atoms with van der Waals surface area (Å²) in [5.74, 6) is 0.826. The summed E-state index contributed by atoms with van der Waals surface area (Å²) >= 11 is 1.54. The third-order valence-electron chi connectivity index (χ3n) is 4.01. The maximum atomic E-state index is 13.8. The minimum Gasteiger partial charge on any atom is -0.349 e. The molecule has 1 aromatic rings. The van der Waals surface area contributed by atoms with Crippen LogP contribution >= 0.6 is 11.8 Å². The van der Waals surface area contributed by atoms with Gasteiger partial charge < -0.3 is 10.6 Å². The number of halogens is 1. The van der Waals surface area contributed by atoms with Crippen LogP contribution in [0, 0.1) is 11.7 Å². The van der Waals surface area contributed by atoms with E-state index in [2.05, 4.69) is 10.6 Å². The summed E-state index contributed by atoms with van der Waals surface area (Å²) in [5.41, 5.74) is 0.929. The van der Waals surface area contributed by atoms with Crippen molar-refractivity contribution in [3.05, 3.63) is 29.6 Å².